The molecule has 17 heavy (non-hydrogen) atoms. The molecular weight excluding hydrogens is 258 g/mol. The average Bonchev–Trinajstić information content (AvgIpc) is 2.33. The summed E-state index contributed by atoms with van der Waals surface area (Å²) in [4.78, 5) is 11.5. The van der Waals surface area contributed by atoms with Crippen LogP contribution in [0, 0.1) is 0 Å². The summed E-state index contributed by atoms with van der Waals surface area (Å²) in [5, 5.41) is 0.630. The van der Waals surface area contributed by atoms with E-state index in [1.54, 1.807) is 23.9 Å². The molecule has 0 fully saturated rings. The highest BCUT2D eigenvalue weighted by Crippen LogP contribution is 2.12. The van der Waals surface area contributed by atoms with Crippen LogP contribution in [-0.4, -0.2) is 24.0 Å². The molecule has 0 aliphatic rings. The zero-order valence-corrected chi connectivity index (χ0v) is 11.3. The van der Waals surface area contributed by atoms with Crippen molar-refractivity contribution in [1.82, 2.24) is 0 Å². The van der Waals surface area contributed by atoms with E-state index in [1.807, 2.05) is 18.4 Å². The van der Waals surface area contributed by atoms with Crippen LogP contribution in [0.3, 0.4) is 0 Å². The number of hydrogen-bond donors (Lipinski definition) is 1. The third-order valence-electron chi connectivity index (χ3n) is 2.21. The summed E-state index contributed by atoms with van der Waals surface area (Å²) in [5.41, 5.74) is 6.55. The van der Waals surface area contributed by atoms with Gasteiger partial charge in [0.15, 0.2) is 0 Å². The van der Waals surface area contributed by atoms with Crippen molar-refractivity contribution in [2.75, 3.05) is 12.0 Å². The van der Waals surface area contributed by atoms with E-state index in [2.05, 4.69) is 0 Å². The molecule has 0 aliphatic heterocycles. The topological polar surface area (TPSA) is 52.3 Å². The van der Waals surface area contributed by atoms with Crippen molar-refractivity contribution in [2.45, 2.75) is 19.1 Å². The molecule has 94 valence electrons. The van der Waals surface area contributed by atoms with Crippen LogP contribution in [0.15, 0.2) is 24.3 Å². The van der Waals surface area contributed by atoms with Crippen LogP contribution in [0.4, 0.5) is 0 Å². The van der Waals surface area contributed by atoms with Gasteiger partial charge < -0.3 is 10.5 Å². The van der Waals surface area contributed by atoms with Crippen LogP contribution in [0.25, 0.3) is 0 Å². The molecule has 0 aliphatic carbocycles. The number of hydrogen-bond acceptors (Lipinski definition) is 4. The molecule has 0 unspecified atom stereocenters. The van der Waals surface area contributed by atoms with Gasteiger partial charge in [0.2, 0.25) is 0 Å². The Morgan fingerprint density at radius 1 is 1.59 bits per heavy atom. The number of thioether (sulfide) groups is 1. The van der Waals surface area contributed by atoms with Gasteiger partial charge in [-0.05, 0) is 36.1 Å². The fraction of sp³-hybridized carbons (Fsp3) is 0.417. The Morgan fingerprint density at radius 2 is 2.35 bits per heavy atom. The number of esters is 1. The van der Waals surface area contributed by atoms with Gasteiger partial charge in [0, 0.05) is 5.02 Å². The first-order valence-corrected chi connectivity index (χ1v) is 7.06. The van der Waals surface area contributed by atoms with Gasteiger partial charge in [-0.15, -0.1) is 0 Å². The molecule has 5 heteroatoms. The summed E-state index contributed by atoms with van der Waals surface area (Å²) in [6.07, 6.45) is 2.61. The van der Waals surface area contributed by atoms with Crippen molar-refractivity contribution in [3.63, 3.8) is 0 Å². The lowest BCUT2D eigenvalue weighted by molar-refractivity contribution is -0.146. The van der Waals surface area contributed by atoms with Crippen molar-refractivity contribution in [1.29, 1.82) is 0 Å². The molecule has 0 radical (unpaired) electrons. The molecule has 1 aromatic carbocycles. The smallest absolute Gasteiger partial charge is 0.323 e. The van der Waals surface area contributed by atoms with E-state index in [4.69, 9.17) is 22.1 Å². The SMILES string of the molecule is CSCC[C@@H](N)C(=O)OCc1cccc(Cl)c1. The van der Waals surface area contributed by atoms with Crippen molar-refractivity contribution < 1.29 is 9.53 Å². The maximum absolute atomic E-state index is 11.5. The number of rotatable bonds is 6. The minimum absolute atomic E-state index is 0.215. The largest absolute Gasteiger partial charge is 0.460 e. The third-order valence-corrected chi connectivity index (χ3v) is 3.08. The second kappa shape index (κ2) is 7.58. The van der Waals surface area contributed by atoms with Gasteiger partial charge in [-0.25, -0.2) is 0 Å². The van der Waals surface area contributed by atoms with Crippen molar-refractivity contribution in [3.05, 3.63) is 34.9 Å². The highest BCUT2D eigenvalue weighted by molar-refractivity contribution is 7.98. The minimum atomic E-state index is -0.540. The molecule has 1 rings (SSSR count). The zero-order valence-electron chi connectivity index (χ0n) is 9.69. The molecule has 0 saturated carbocycles. The van der Waals surface area contributed by atoms with E-state index in [0.29, 0.717) is 11.4 Å². The molecule has 0 amide bonds. The minimum Gasteiger partial charge on any atom is -0.460 e. The van der Waals surface area contributed by atoms with E-state index >= 15 is 0 Å². The normalized spacial score (nSPS) is 12.2. The Labute approximate surface area is 111 Å². The van der Waals surface area contributed by atoms with Gasteiger partial charge >= 0.3 is 5.97 Å². The Hall–Kier alpha value is -0.710. The molecular formula is C12H16ClNO2S. The van der Waals surface area contributed by atoms with Crippen LogP contribution >= 0.6 is 23.4 Å². The first-order valence-electron chi connectivity index (χ1n) is 5.29. The van der Waals surface area contributed by atoms with E-state index < -0.39 is 6.04 Å². The quantitative estimate of drug-likeness (QED) is 0.809. The van der Waals surface area contributed by atoms with Gasteiger partial charge in [-0.3, -0.25) is 4.79 Å². The Balaban J connectivity index is 2.37. The monoisotopic (exact) mass is 273 g/mol. The maximum Gasteiger partial charge on any atom is 0.323 e. The fourth-order valence-electron chi connectivity index (χ4n) is 1.25. The molecule has 1 aromatic rings. The summed E-state index contributed by atoms with van der Waals surface area (Å²) >= 11 is 7.48. The third kappa shape index (κ3) is 5.44. The summed E-state index contributed by atoms with van der Waals surface area (Å²) in [5.74, 6) is 0.493. The van der Waals surface area contributed by atoms with E-state index in [1.165, 1.54) is 0 Å². The highest BCUT2D eigenvalue weighted by Gasteiger charge is 2.14. The van der Waals surface area contributed by atoms with Crippen LogP contribution in [-0.2, 0) is 16.1 Å². The summed E-state index contributed by atoms with van der Waals surface area (Å²) in [6, 6.07) is 6.67. The average molecular weight is 274 g/mol. The lowest BCUT2D eigenvalue weighted by Crippen LogP contribution is -2.32. The second-order valence-corrected chi connectivity index (χ2v) is 5.05. The standard InChI is InChI=1S/C12H16ClNO2S/c1-17-6-5-11(14)12(15)16-8-9-3-2-4-10(13)7-9/h2-4,7,11H,5-6,8,14H2,1H3/t11-/m1/s1. The van der Waals surface area contributed by atoms with Crippen molar-refractivity contribution in [2.24, 2.45) is 5.73 Å². The highest BCUT2D eigenvalue weighted by atomic mass is 35.5. The van der Waals surface area contributed by atoms with Crippen LogP contribution < -0.4 is 5.73 Å². The maximum atomic E-state index is 11.5. The van der Waals surface area contributed by atoms with Gasteiger partial charge in [0.25, 0.3) is 0 Å². The van der Waals surface area contributed by atoms with Gasteiger partial charge in [0.05, 0.1) is 0 Å². The molecule has 0 saturated heterocycles. The summed E-state index contributed by atoms with van der Waals surface area (Å²) in [7, 11) is 0. The molecule has 3 nitrogen and oxygen atoms in total. The van der Waals surface area contributed by atoms with Crippen LogP contribution in [0.1, 0.15) is 12.0 Å². The zero-order chi connectivity index (χ0) is 12.7. The van der Waals surface area contributed by atoms with E-state index in [-0.39, 0.29) is 12.6 Å². The number of ether oxygens (including phenoxy) is 1. The number of carbonyl (C=O) groups is 1. The number of halogens is 1. The van der Waals surface area contributed by atoms with Crippen molar-refractivity contribution in [3.8, 4) is 0 Å². The second-order valence-electron chi connectivity index (χ2n) is 3.63. The predicted octanol–water partition coefficient (Wildman–Crippen LogP) is 2.46. The molecule has 0 bridgehead atoms. The summed E-state index contributed by atoms with van der Waals surface area (Å²) < 4.78 is 5.11. The Bertz CT molecular complexity index is 373. The molecule has 0 aromatic heterocycles. The lowest BCUT2D eigenvalue weighted by Gasteiger charge is -2.10. The molecule has 1 atom stereocenters. The molecule has 0 spiro atoms. The Kier molecular flexibility index (Phi) is 6.40. The van der Waals surface area contributed by atoms with E-state index in [0.717, 1.165) is 11.3 Å². The molecule has 0 heterocycles. The fourth-order valence-corrected chi connectivity index (χ4v) is 1.95. The van der Waals surface area contributed by atoms with Crippen LogP contribution in [0.2, 0.25) is 5.02 Å². The van der Waals surface area contributed by atoms with Crippen LogP contribution in [0.5, 0.6) is 0 Å². The summed E-state index contributed by atoms with van der Waals surface area (Å²) in [6.45, 7) is 0.215. The number of nitrogens with two attached hydrogens (primary N) is 1. The lowest BCUT2D eigenvalue weighted by atomic mass is 10.2. The van der Waals surface area contributed by atoms with Gasteiger partial charge in [-0.2, -0.15) is 11.8 Å². The van der Waals surface area contributed by atoms with Gasteiger partial charge in [-0.1, -0.05) is 23.7 Å². The first-order chi connectivity index (χ1) is 8.13. The molecule has 2 N–H and O–H groups in total. The predicted molar refractivity (Wildman–Crippen MR) is 72.2 cm³/mol. The van der Waals surface area contributed by atoms with Crippen molar-refractivity contribution >= 4 is 29.3 Å². The van der Waals surface area contributed by atoms with Gasteiger partial charge in [0.1, 0.15) is 12.6 Å². The number of benzene rings is 1. The first kappa shape index (κ1) is 14.4. The Morgan fingerprint density at radius 3 is 3.00 bits per heavy atom. The number of carbonyl (C=O) groups excluding carboxylic acids is 1. The van der Waals surface area contributed by atoms with E-state index in [9.17, 15) is 4.79 Å².